The van der Waals surface area contributed by atoms with Gasteiger partial charge in [0.2, 0.25) is 5.95 Å². The van der Waals surface area contributed by atoms with Gasteiger partial charge in [0.15, 0.2) is 0 Å². The fourth-order valence-corrected chi connectivity index (χ4v) is 2.68. The quantitative estimate of drug-likeness (QED) is 0.466. The molecular weight excluding hydrogens is 336 g/mol. The van der Waals surface area contributed by atoms with E-state index in [0.29, 0.717) is 17.5 Å². The van der Waals surface area contributed by atoms with Gasteiger partial charge in [-0.05, 0) is 29.8 Å². The first-order chi connectivity index (χ1) is 12.3. The van der Waals surface area contributed by atoms with Gasteiger partial charge in [-0.25, -0.2) is 15.0 Å². The van der Waals surface area contributed by atoms with Gasteiger partial charge in [0.25, 0.3) is 0 Å². The molecule has 0 radical (unpaired) electrons. The van der Waals surface area contributed by atoms with Crippen molar-refractivity contribution in [2.24, 2.45) is 0 Å². The van der Waals surface area contributed by atoms with E-state index in [0.717, 1.165) is 28.2 Å². The van der Waals surface area contributed by atoms with E-state index in [1.165, 1.54) is 6.33 Å². The first-order valence-corrected chi connectivity index (χ1v) is 8.16. The molecule has 2 aromatic heterocycles. The number of rotatable bonds is 5. The Kier molecular flexibility index (Phi) is 4.18. The molecule has 124 valence electrons. The number of para-hydroxylation sites is 2. The first kappa shape index (κ1) is 15.4. The average Bonchev–Trinajstić information content (AvgIpc) is 3.03. The van der Waals surface area contributed by atoms with Crippen molar-refractivity contribution in [3.63, 3.8) is 0 Å². The highest BCUT2D eigenvalue weighted by Crippen LogP contribution is 2.19. The van der Waals surface area contributed by atoms with Crippen molar-refractivity contribution < 1.29 is 0 Å². The van der Waals surface area contributed by atoms with Gasteiger partial charge < -0.3 is 15.6 Å². The third-order valence-electron chi connectivity index (χ3n) is 3.68. The standard InChI is InChI=1S/C18H15ClN6/c19-16-9-17(22-11-21-16)23-13-5-3-4-12(8-13)10-20-18-24-14-6-1-2-7-15(14)25-18/h1-9,11H,10H2,(H2,20,24,25)(H,21,22,23). The second-order valence-corrected chi connectivity index (χ2v) is 5.89. The summed E-state index contributed by atoms with van der Waals surface area (Å²) in [6.45, 7) is 0.653. The maximum atomic E-state index is 5.88. The van der Waals surface area contributed by atoms with Crippen LogP contribution in [0.25, 0.3) is 11.0 Å². The van der Waals surface area contributed by atoms with Crippen LogP contribution in [0.1, 0.15) is 5.56 Å². The van der Waals surface area contributed by atoms with Gasteiger partial charge in [0.05, 0.1) is 11.0 Å². The summed E-state index contributed by atoms with van der Waals surface area (Å²) in [6, 6.07) is 17.7. The Labute approximate surface area is 149 Å². The Morgan fingerprint density at radius 3 is 2.80 bits per heavy atom. The topological polar surface area (TPSA) is 78.5 Å². The molecular formula is C18H15ClN6. The van der Waals surface area contributed by atoms with Crippen LogP contribution in [0.4, 0.5) is 17.5 Å². The van der Waals surface area contributed by atoms with Gasteiger partial charge in [0.1, 0.15) is 17.3 Å². The number of imidazole rings is 1. The molecule has 0 amide bonds. The van der Waals surface area contributed by atoms with Crippen LogP contribution < -0.4 is 10.6 Å². The number of aromatic nitrogens is 4. The van der Waals surface area contributed by atoms with E-state index >= 15 is 0 Å². The van der Waals surface area contributed by atoms with Crippen molar-refractivity contribution >= 4 is 40.1 Å². The van der Waals surface area contributed by atoms with Crippen molar-refractivity contribution in [1.82, 2.24) is 19.9 Å². The molecule has 6 nitrogen and oxygen atoms in total. The van der Waals surface area contributed by atoms with E-state index in [9.17, 15) is 0 Å². The molecule has 0 aliphatic carbocycles. The highest BCUT2D eigenvalue weighted by atomic mass is 35.5. The number of nitrogens with one attached hydrogen (secondary N) is 3. The SMILES string of the molecule is Clc1cc(Nc2cccc(CNc3nc4ccccc4[nH]3)c2)ncn1. The summed E-state index contributed by atoms with van der Waals surface area (Å²) in [4.78, 5) is 15.8. The molecule has 25 heavy (non-hydrogen) atoms. The van der Waals surface area contributed by atoms with Gasteiger partial charge in [-0.3, -0.25) is 0 Å². The molecule has 0 saturated carbocycles. The zero-order valence-corrected chi connectivity index (χ0v) is 14.0. The number of hydrogen-bond acceptors (Lipinski definition) is 5. The zero-order valence-electron chi connectivity index (χ0n) is 13.2. The van der Waals surface area contributed by atoms with Crippen LogP contribution in [-0.2, 0) is 6.54 Å². The van der Waals surface area contributed by atoms with Crippen LogP contribution in [0.15, 0.2) is 60.9 Å². The third-order valence-corrected chi connectivity index (χ3v) is 3.89. The minimum Gasteiger partial charge on any atom is -0.352 e. The van der Waals surface area contributed by atoms with Gasteiger partial charge in [-0.1, -0.05) is 35.9 Å². The summed E-state index contributed by atoms with van der Waals surface area (Å²) >= 11 is 5.88. The summed E-state index contributed by atoms with van der Waals surface area (Å²) in [5.41, 5.74) is 4.01. The minimum absolute atomic E-state index is 0.403. The number of aromatic amines is 1. The molecule has 0 aliphatic rings. The predicted octanol–water partition coefficient (Wildman–Crippen LogP) is 4.36. The Balaban J connectivity index is 1.46. The van der Waals surface area contributed by atoms with E-state index in [1.807, 2.05) is 48.5 Å². The summed E-state index contributed by atoms with van der Waals surface area (Å²) in [5.74, 6) is 1.41. The largest absolute Gasteiger partial charge is 0.352 e. The average molecular weight is 351 g/mol. The fraction of sp³-hybridized carbons (Fsp3) is 0.0556. The number of anilines is 3. The van der Waals surface area contributed by atoms with E-state index in [-0.39, 0.29) is 0 Å². The lowest BCUT2D eigenvalue weighted by atomic mass is 10.2. The smallest absolute Gasteiger partial charge is 0.201 e. The highest BCUT2D eigenvalue weighted by molar-refractivity contribution is 6.29. The molecule has 0 fully saturated rings. The Morgan fingerprint density at radius 2 is 1.92 bits per heavy atom. The van der Waals surface area contributed by atoms with Gasteiger partial charge in [-0.15, -0.1) is 0 Å². The number of fused-ring (bicyclic) bond motifs is 1. The van der Waals surface area contributed by atoms with Crippen LogP contribution in [0.5, 0.6) is 0 Å². The van der Waals surface area contributed by atoms with Crippen LogP contribution in [0.2, 0.25) is 5.15 Å². The molecule has 4 rings (SSSR count). The van der Waals surface area contributed by atoms with Crippen LogP contribution in [0.3, 0.4) is 0 Å². The van der Waals surface area contributed by atoms with E-state index in [2.05, 4.69) is 30.6 Å². The monoisotopic (exact) mass is 350 g/mol. The van der Waals surface area contributed by atoms with E-state index in [1.54, 1.807) is 6.07 Å². The predicted molar refractivity (Wildman–Crippen MR) is 100 cm³/mol. The summed E-state index contributed by atoms with van der Waals surface area (Å²) in [5, 5.41) is 6.93. The molecule has 0 unspecified atom stereocenters. The summed E-state index contributed by atoms with van der Waals surface area (Å²) in [7, 11) is 0. The molecule has 2 heterocycles. The number of halogens is 1. The normalized spacial score (nSPS) is 10.8. The lowest BCUT2D eigenvalue weighted by Crippen LogP contribution is -2.01. The molecule has 7 heteroatoms. The lowest BCUT2D eigenvalue weighted by molar-refractivity contribution is 1.10. The van der Waals surface area contributed by atoms with Gasteiger partial charge in [-0.2, -0.15) is 0 Å². The summed E-state index contributed by atoms with van der Waals surface area (Å²) in [6.07, 6.45) is 1.43. The van der Waals surface area contributed by atoms with E-state index < -0.39 is 0 Å². The van der Waals surface area contributed by atoms with Crippen LogP contribution in [-0.4, -0.2) is 19.9 Å². The molecule has 2 aromatic carbocycles. The molecule has 0 atom stereocenters. The number of H-pyrrole nitrogens is 1. The van der Waals surface area contributed by atoms with Crippen molar-refractivity contribution in [2.75, 3.05) is 10.6 Å². The fourth-order valence-electron chi connectivity index (χ4n) is 2.53. The van der Waals surface area contributed by atoms with Crippen molar-refractivity contribution in [3.8, 4) is 0 Å². The Bertz CT molecular complexity index is 980. The molecule has 0 bridgehead atoms. The zero-order chi connectivity index (χ0) is 17.1. The molecule has 3 N–H and O–H groups in total. The summed E-state index contributed by atoms with van der Waals surface area (Å²) < 4.78 is 0. The molecule has 0 aliphatic heterocycles. The Hall–Kier alpha value is -3.12. The molecule has 0 saturated heterocycles. The van der Waals surface area contributed by atoms with Gasteiger partial charge in [0, 0.05) is 18.3 Å². The van der Waals surface area contributed by atoms with E-state index in [4.69, 9.17) is 11.6 Å². The number of hydrogen-bond donors (Lipinski definition) is 3. The second kappa shape index (κ2) is 6.78. The van der Waals surface area contributed by atoms with Crippen molar-refractivity contribution in [2.45, 2.75) is 6.54 Å². The second-order valence-electron chi connectivity index (χ2n) is 5.51. The molecule has 0 spiro atoms. The number of benzene rings is 2. The van der Waals surface area contributed by atoms with Crippen LogP contribution >= 0.6 is 11.6 Å². The maximum Gasteiger partial charge on any atom is 0.201 e. The first-order valence-electron chi connectivity index (χ1n) is 7.78. The molecule has 4 aromatic rings. The third kappa shape index (κ3) is 3.70. The van der Waals surface area contributed by atoms with Crippen molar-refractivity contribution in [1.29, 1.82) is 0 Å². The van der Waals surface area contributed by atoms with Crippen molar-refractivity contribution in [3.05, 3.63) is 71.6 Å². The number of nitrogens with zero attached hydrogens (tertiary/aromatic N) is 3. The minimum atomic E-state index is 0.403. The lowest BCUT2D eigenvalue weighted by Gasteiger charge is -2.08. The van der Waals surface area contributed by atoms with Crippen LogP contribution in [0, 0.1) is 0 Å². The Morgan fingerprint density at radius 1 is 1.00 bits per heavy atom. The maximum absolute atomic E-state index is 5.88. The highest BCUT2D eigenvalue weighted by Gasteiger charge is 2.03. The van der Waals surface area contributed by atoms with Gasteiger partial charge >= 0.3 is 0 Å².